The summed E-state index contributed by atoms with van der Waals surface area (Å²) in [4.78, 5) is 19.0. The summed E-state index contributed by atoms with van der Waals surface area (Å²) in [6, 6.07) is 26.4. The number of hydrogen-bond donors (Lipinski definition) is 0. The zero-order valence-corrected chi connectivity index (χ0v) is 30.5. The SMILES string of the molecule is CC(C)(C)c1ccc(-c2nc(-c3ccc(C(C)(C)C)cc3)nc(-c3ccc(-c4[c-]cc(-c5c(F)c(F)c(F)c(F)c5F)cc4)nc3)n2)cc1.[Ir]. The minimum absolute atomic E-state index is 0. The second-order valence-corrected chi connectivity index (χ2v) is 13.8. The van der Waals surface area contributed by atoms with E-state index in [4.69, 9.17) is 15.0 Å². The van der Waals surface area contributed by atoms with Crippen molar-refractivity contribution in [3.63, 3.8) is 0 Å². The van der Waals surface area contributed by atoms with E-state index in [1.165, 1.54) is 23.3 Å². The fraction of sp³-hybridized carbons (Fsp3) is 0.200. The summed E-state index contributed by atoms with van der Waals surface area (Å²) >= 11 is 0. The molecule has 6 rings (SSSR count). The van der Waals surface area contributed by atoms with Crippen LogP contribution in [0.5, 0.6) is 0 Å². The molecule has 0 aliphatic rings. The van der Waals surface area contributed by atoms with Gasteiger partial charge in [0.05, 0.1) is 0 Å². The van der Waals surface area contributed by atoms with Gasteiger partial charge in [0.2, 0.25) is 0 Å². The van der Waals surface area contributed by atoms with E-state index >= 15 is 0 Å². The van der Waals surface area contributed by atoms with E-state index in [0.29, 0.717) is 34.3 Å². The van der Waals surface area contributed by atoms with Gasteiger partial charge in [-0.15, -0.1) is 29.8 Å². The molecule has 0 atom stereocenters. The van der Waals surface area contributed by atoms with Gasteiger partial charge in [0.1, 0.15) is 0 Å². The van der Waals surface area contributed by atoms with Crippen molar-refractivity contribution >= 4 is 0 Å². The van der Waals surface area contributed by atoms with E-state index in [9.17, 15) is 22.0 Å². The number of hydrogen-bond acceptors (Lipinski definition) is 4. The Bertz CT molecular complexity index is 2050. The van der Waals surface area contributed by atoms with Crippen LogP contribution >= 0.6 is 0 Å². The van der Waals surface area contributed by atoms with Gasteiger partial charge in [0.15, 0.2) is 46.6 Å². The first-order valence-corrected chi connectivity index (χ1v) is 15.6. The summed E-state index contributed by atoms with van der Waals surface area (Å²) in [6.45, 7) is 12.9. The van der Waals surface area contributed by atoms with Crippen LogP contribution in [0.2, 0.25) is 0 Å². The molecule has 0 N–H and O–H groups in total. The molecule has 2 heterocycles. The Labute approximate surface area is 301 Å². The summed E-state index contributed by atoms with van der Waals surface area (Å²) < 4.78 is 69.8. The Morgan fingerprint density at radius 1 is 0.480 bits per heavy atom. The van der Waals surface area contributed by atoms with Gasteiger partial charge in [-0.3, -0.25) is 0 Å². The number of rotatable bonds is 5. The third kappa shape index (κ3) is 7.28. The van der Waals surface area contributed by atoms with Crippen LogP contribution in [-0.2, 0) is 30.9 Å². The maximum Gasteiger partial charge on any atom is 0.200 e. The molecule has 0 saturated carbocycles. The smallest absolute Gasteiger partial charge is 0.200 e. The van der Waals surface area contributed by atoms with Gasteiger partial charge >= 0.3 is 0 Å². The molecule has 0 saturated heterocycles. The Hall–Kier alpha value is -4.66. The predicted octanol–water partition coefficient (Wildman–Crippen LogP) is 10.7. The zero-order chi connectivity index (χ0) is 35.2. The maximum absolute atomic E-state index is 14.4. The van der Waals surface area contributed by atoms with Gasteiger partial charge in [0.25, 0.3) is 0 Å². The average molecular weight is 856 g/mol. The Morgan fingerprint density at radius 3 is 1.26 bits per heavy atom. The fourth-order valence-corrected chi connectivity index (χ4v) is 5.29. The normalized spacial score (nSPS) is 11.7. The summed E-state index contributed by atoms with van der Waals surface area (Å²) in [6.07, 6.45) is 1.59. The van der Waals surface area contributed by atoms with Crippen LogP contribution in [0.3, 0.4) is 0 Å². The van der Waals surface area contributed by atoms with Crippen LogP contribution in [0.4, 0.5) is 22.0 Å². The van der Waals surface area contributed by atoms with Crippen molar-refractivity contribution in [2.24, 2.45) is 0 Å². The van der Waals surface area contributed by atoms with Crippen molar-refractivity contribution in [2.75, 3.05) is 0 Å². The monoisotopic (exact) mass is 856 g/mol. The molecule has 0 aliphatic carbocycles. The number of pyridine rings is 1. The van der Waals surface area contributed by atoms with Gasteiger partial charge in [0, 0.05) is 48.6 Å². The second-order valence-electron chi connectivity index (χ2n) is 13.8. The third-order valence-corrected chi connectivity index (χ3v) is 8.26. The number of nitrogens with zero attached hydrogens (tertiary/aromatic N) is 4. The summed E-state index contributed by atoms with van der Waals surface area (Å²) in [5.74, 6) is -8.64. The molecule has 0 amide bonds. The molecule has 0 unspecified atom stereocenters. The second kappa shape index (κ2) is 13.9. The van der Waals surface area contributed by atoms with Gasteiger partial charge in [-0.05, 0) is 27.7 Å². The molecular weight excluding hydrogens is 824 g/mol. The van der Waals surface area contributed by atoms with Gasteiger partial charge in [-0.25, -0.2) is 36.9 Å². The summed E-state index contributed by atoms with van der Waals surface area (Å²) in [7, 11) is 0. The van der Waals surface area contributed by atoms with Crippen molar-refractivity contribution in [3.05, 3.63) is 131 Å². The molecular formula is C40H32F5IrN4-. The van der Waals surface area contributed by atoms with Crippen molar-refractivity contribution in [2.45, 2.75) is 52.4 Å². The molecule has 6 aromatic rings. The van der Waals surface area contributed by atoms with Crippen LogP contribution in [0, 0.1) is 35.2 Å². The molecule has 50 heavy (non-hydrogen) atoms. The minimum Gasteiger partial charge on any atom is -0.304 e. The quantitative estimate of drug-likeness (QED) is 0.0750. The number of halogens is 5. The van der Waals surface area contributed by atoms with Crippen LogP contribution in [0.15, 0.2) is 85.1 Å². The first-order chi connectivity index (χ1) is 23.1. The Balaban J connectivity index is 0.00000486. The first kappa shape index (κ1) is 36.6. The Morgan fingerprint density at radius 2 is 0.880 bits per heavy atom. The molecule has 4 nitrogen and oxygen atoms in total. The fourth-order valence-electron chi connectivity index (χ4n) is 5.29. The van der Waals surface area contributed by atoms with Crippen LogP contribution in [0.1, 0.15) is 52.7 Å². The zero-order valence-electron chi connectivity index (χ0n) is 28.1. The summed E-state index contributed by atoms with van der Waals surface area (Å²) in [5.41, 5.74) is 4.26. The van der Waals surface area contributed by atoms with Gasteiger partial charge < -0.3 is 4.98 Å². The van der Waals surface area contributed by atoms with E-state index in [1.54, 1.807) is 18.3 Å². The molecule has 0 fully saturated rings. The molecule has 1 radical (unpaired) electrons. The predicted molar refractivity (Wildman–Crippen MR) is 181 cm³/mol. The molecule has 4 aromatic carbocycles. The molecule has 0 aliphatic heterocycles. The number of aromatic nitrogens is 4. The topological polar surface area (TPSA) is 51.6 Å². The summed E-state index contributed by atoms with van der Waals surface area (Å²) in [5, 5.41) is 0. The van der Waals surface area contributed by atoms with Crippen molar-refractivity contribution < 1.29 is 42.1 Å². The molecule has 0 bridgehead atoms. The van der Waals surface area contributed by atoms with Gasteiger partial charge in [-0.1, -0.05) is 108 Å². The Kier molecular flexibility index (Phi) is 10.2. The van der Waals surface area contributed by atoms with E-state index in [0.717, 1.165) is 17.2 Å². The minimum atomic E-state index is -2.21. The van der Waals surface area contributed by atoms with Crippen molar-refractivity contribution in [1.82, 2.24) is 19.9 Å². The van der Waals surface area contributed by atoms with E-state index < -0.39 is 34.6 Å². The third-order valence-electron chi connectivity index (χ3n) is 8.26. The van der Waals surface area contributed by atoms with E-state index in [-0.39, 0.29) is 36.5 Å². The standard InChI is InChI=1S/C40H32F5N4.Ir/c1-39(2,3)27-16-11-24(12-17-27)36-47-37(25-13-18-28(19-14-25)40(4,5)6)49-38(48-36)26-15-20-29(46-21-26)22-7-9-23(10-8-22)30-31(41)33(43)35(45)34(44)32(30)42;/h7,9-21H,1-6H3;/q-1;. The molecule has 0 spiro atoms. The molecule has 2 aromatic heterocycles. The molecule has 10 heteroatoms. The van der Waals surface area contributed by atoms with E-state index in [1.807, 2.05) is 24.3 Å². The van der Waals surface area contributed by atoms with E-state index in [2.05, 4.69) is 76.9 Å². The number of benzene rings is 4. The first-order valence-electron chi connectivity index (χ1n) is 15.6. The van der Waals surface area contributed by atoms with Crippen LogP contribution in [0.25, 0.3) is 56.5 Å². The van der Waals surface area contributed by atoms with Crippen molar-refractivity contribution in [1.29, 1.82) is 0 Å². The van der Waals surface area contributed by atoms with Gasteiger partial charge in [-0.2, -0.15) is 0 Å². The average Bonchev–Trinajstić information content (AvgIpc) is 3.09. The van der Waals surface area contributed by atoms with Crippen molar-refractivity contribution in [3.8, 4) is 56.5 Å². The largest absolute Gasteiger partial charge is 0.304 e. The van der Waals surface area contributed by atoms with Crippen LogP contribution < -0.4 is 0 Å². The van der Waals surface area contributed by atoms with Crippen LogP contribution in [-0.4, -0.2) is 19.9 Å². The molecule has 257 valence electrons. The maximum atomic E-state index is 14.4.